The topological polar surface area (TPSA) is 21.3 Å². The molecule has 26 heavy (non-hydrogen) atoms. The van der Waals surface area contributed by atoms with E-state index in [9.17, 15) is 0 Å². The maximum atomic E-state index is 6.99. The molecular formula is C22H40NOPSi. The summed E-state index contributed by atoms with van der Waals surface area (Å²) in [6.45, 7) is 21.0. The molecule has 4 unspecified atom stereocenters. The molecule has 0 heterocycles. The van der Waals surface area contributed by atoms with Gasteiger partial charge in [0.2, 0.25) is 0 Å². The number of benzene rings is 1. The Labute approximate surface area is 164 Å². The second kappa shape index (κ2) is 8.86. The molecule has 0 aliphatic heterocycles. The lowest BCUT2D eigenvalue weighted by molar-refractivity contribution is 0.0558. The second-order valence-electron chi connectivity index (χ2n) is 9.87. The molecule has 1 saturated carbocycles. The normalized spacial score (nSPS) is 25.5. The predicted molar refractivity (Wildman–Crippen MR) is 120 cm³/mol. The fraction of sp³-hybridized carbons (Fsp3) is 0.727. The Morgan fingerprint density at radius 1 is 1.08 bits per heavy atom. The number of hydrogen-bond donors (Lipinski definition) is 1. The first kappa shape index (κ1) is 22.1. The van der Waals surface area contributed by atoms with Crippen LogP contribution in [0.1, 0.15) is 56.7 Å². The minimum absolute atomic E-state index is 0.383. The number of hydrogen-bond acceptors (Lipinski definition) is 2. The van der Waals surface area contributed by atoms with Crippen LogP contribution in [0, 0.1) is 38.5 Å². The molecule has 4 atom stereocenters. The zero-order valence-corrected chi connectivity index (χ0v) is 20.3. The summed E-state index contributed by atoms with van der Waals surface area (Å²) in [4.78, 5) is 0. The molecule has 0 bridgehead atoms. The van der Waals surface area contributed by atoms with E-state index in [4.69, 9.17) is 4.52 Å². The molecule has 1 aromatic carbocycles. The third-order valence-corrected chi connectivity index (χ3v) is 10.6. The average Bonchev–Trinajstić information content (AvgIpc) is 2.43. The maximum Gasteiger partial charge on any atom is 0.128 e. The van der Waals surface area contributed by atoms with Crippen molar-refractivity contribution in [3.63, 3.8) is 0 Å². The molecule has 4 heteroatoms. The highest BCUT2D eigenvalue weighted by Gasteiger charge is 2.35. The maximum absolute atomic E-state index is 6.99. The summed E-state index contributed by atoms with van der Waals surface area (Å²) in [6, 6.07) is 4.63. The van der Waals surface area contributed by atoms with Gasteiger partial charge in [0, 0.05) is 5.30 Å². The fourth-order valence-electron chi connectivity index (χ4n) is 4.30. The van der Waals surface area contributed by atoms with Crippen LogP contribution in [-0.2, 0) is 4.52 Å². The van der Waals surface area contributed by atoms with E-state index in [-0.39, 0.29) is 0 Å². The highest BCUT2D eigenvalue weighted by Crippen LogP contribution is 2.44. The van der Waals surface area contributed by atoms with E-state index in [1.807, 2.05) is 0 Å². The molecule has 2 nitrogen and oxygen atoms in total. The third kappa shape index (κ3) is 5.89. The Hall–Kier alpha value is -0.213. The van der Waals surface area contributed by atoms with Crippen molar-refractivity contribution in [1.29, 1.82) is 0 Å². The van der Waals surface area contributed by atoms with Crippen molar-refractivity contribution < 1.29 is 4.52 Å². The summed E-state index contributed by atoms with van der Waals surface area (Å²) in [5.41, 5.74) is 4.10. The van der Waals surface area contributed by atoms with E-state index in [1.165, 1.54) is 41.3 Å². The number of nitrogens with one attached hydrogen (secondary N) is 1. The fourth-order valence-corrected chi connectivity index (χ4v) is 8.79. The van der Waals surface area contributed by atoms with E-state index in [2.05, 4.69) is 78.1 Å². The third-order valence-electron chi connectivity index (χ3n) is 5.48. The molecule has 0 aromatic heterocycles. The molecule has 0 radical (unpaired) electrons. The first-order valence-electron chi connectivity index (χ1n) is 10.3. The first-order chi connectivity index (χ1) is 12.0. The van der Waals surface area contributed by atoms with Gasteiger partial charge in [-0.25, -0.2) is 0 Å². The Morgan fingerprint density at radius 2 is 1.65 bits per heavy atom. The molecule has 1 aromatic rings. The van der Waals surface area contributed by atoms with Crippen molar-refractivity contribution in [2.45, 2.75) is 86.5 Å². The van der Waals surface area contributed by atoms with E-state index in [0.29, 0.717) is 17.9 Å². The van der Waals surface area contributed by atoms with Crippen molar-refractivity contribution in [1.82, 2.24) is 4.75 Å². The number of aryl methyl sites for hydroxylation is 3. The molecule has 0 saturated heterocycles. The van der Waals surface area contributed by atoms with Crippen LogP contribution in [0.4, 0.5) is 0 Å². The summed E-state index contributed by atoms with van der Waals surface area (Å²) < 4.78 is 11.0. The molecule has 1 N–H and O–H groups in total. The molecule has 1 aliphatic carbocycles. The van der Waals surface area contributed by atoms with Gasteiger partial charge in [-0.1, -0.05) is 64.5 Å². The Kier molecular flexibility index (Phi) is 7.52. The Bertz CT molecular complexity index is 588. The van der Waals surface area contributed by atoms with Crippen molar-refractivity contribution in [3.05, 3.63) is 28.8 Å². The molecule has 1 fully saturated rings. The van der Waals surface area contributed by atoms with Crippen molar-refractivity contribution in [2.75, 3.05) is 0 Å². The van der Waals surface area contributed by atoms with E-state index < -0.39 is 16.5 Å². The van der Waals surface area contributed by atoms with Crippen LogP contribution < -0.4 is 10.1 Å². The zero-order chi connectivity index (χ0) is 19.6. The zero-order valence-electron chi connectivity index (χ0n) is 18.4. The number of rotatable bonds is 6. The summed E-state index contributed by atoms with van der Waals surface area (Å²) in [7, 11) is -2.24. The predicted octanol–water partition coefficient (Wildman–Crippen LogP) is 6.45. The molecule has 148 valence electrons. The van der Waals surface area contributed by atoms with Crippen LogP contribution in [0.3, 0.4) is 0 Å². The largest absolute Gasteiger partial charge is 0.337 e. The highest BCUT2D eigenvalue weighted by molar-refractivity contribution is 7.61. The minimum Gasteiger partial charge on any atom is -0.337 e. The van der Waals surface area contributed by atoms with Crippen molar-refractivity contribution in [3.8, 4) is 0 Å². The van der Waals surface area contributed by atoms with E-state index in [1.54, 1.807) is 0 Å². The van der Waals surface area contributed by atoms with Gasteiger partial charge >= 0.3 is 0 Å². The second-order valence-corrected chi connectivity index (χ2v) is 16.5. The average molecular weight is 394 g/mol. The quantitative estimate of drug-likeness (QED) is 0.443. The Morgan fingerprint density at radius 3 is 2.15 bits per heavy atom. The van der Waals surface area contributed by atoms with Crippen LogP contribution in [0.2, 0.25) is 19.6 Å². The summed E-state index contributed by atoms with van der Waals surface area (Å²) in [6.07, 6.45) is 4.25. The van der Waals surface area contributed by atoms with Gasteiger partial charge in [0.1, 0.15) is 16.5 Å². The SMILES string of the molecule is Cc1cc(C)c(P(N[Si](C)(C)C)OC2CC(C)CCC2C(C)C)c(C)c1. The van der Waals surface area contributed by atoms with Gasteiger partial charge in [-0.3, -0.25) is 4.75 Å². The summed E-state index contributed by atoms with van der Waals surface area (Å²) in [5, 5.41) is 1.42. The highest BCUT2D eigenvalue weighted by atomic mass is 31.2. The van der Waals surface area contributed by atoms with Crippen LogP contribution in [0.15, 0.2) is 12.1 Å². The van der Waals surface area contributed by atoms with Crippen LogP contribution in [-0.4, -0.2) is 14.3 Å². The minimum atomic E-state index is -1.46. The molecule has 0 amide bonds. The van der Waals surface area contributed by atoms with Crippen molar-refractivity contribution in [2.24, 2.45) is 17.8 Å². The monoisotopic (exact) mass is 393 g/mol. The van der Waals surface area contributed by atoms with Gasteiger partial charge in [0.15, 0.2) is 0 Å². The van der Waals surface area contributed by atoms with Gasteiger partial charge in [-0.15, -0.1) is 0 Å². The molecule has 1 aliphatic rings. The van der Waals surface area contributed by atoms with E-state index in [0.717, 1.165) is 5.92 Å². The standard InChI is InChI=1S/C22H40NOPSi/c1-15(2)20-11-10-16(3)14-21(20)24-25(23-26(7,8)9)22-18(5)12-17(4)13-19(22)6/h12-13,15-16,20-21,23H,10-11,14H2,1-9H3. The summed E-state index contributed by atoms with van der Waals surface area (Å²) in [5.74, 6) is 2.15. The van der Waals surface area contributed by atoms with E-state index >= 15 is 0 Å². The van der Waals surface area contributed by atoms with Crippen LogP contribution in [0.25, 0.3) is 0 Å². The van der Waals surface area contributed by atoms with Gasteiger partial charge < -0.3 is 4.52 Å². The van der Waals surface area contributed by atoms with Crippen molar-refractivity contribution >= 4 is 21.8 Å². The van der Waals surface area contributed by atoms with Gasteiger partial charge in [-0.05, 0) is 62.5 Å². The van der Waals surface area contributed by atoms with Gasteiger partial charge in [0.05, 0.1) is 6.10 Å². The lowest BCUT2D eigenvalue weighted by Gasteiger charge is -2.40. The van der Waals surface area contributed by atoms with Crippen LogP contribution in [0.5, 0.6) is 0 Å². The lowest BCUT2D eigenvalue weighted by atomic mass is 9.75. The molecule has 2 rings (SSSR count). The Balaban J connectivity index is 2.36. The van der Waals surface area contributed by atoms with Crippen LogP contribution >= 0.6 is 8.30 Å². The first-order valence-corrected chi connectivity index (χ1v) is 15.1. The van der Waals surface area contributed by atoms with Gasteiger partial charge in [-0.2, -0.15) is 0 Å². The smallest absolute Gasteiger partial charge is 0.128 e. The lowest BCUT2D eigenvalue weighted by Crippen LogP contribution is -2.43. The van der Waals surface area contributed by atoms with Gasteiger partial charge in [0.25, 0.3) is 0 Å². The molecular weight excluding hydrogens is 353 g/mol. The summed E-state index contributed by atoms with van der Waals surface area (Å²) >= 11 is 0. The molecule has 0 spiro atoms.